The average molecular weight is 406 g/mol. The molecule has 0 spiro atoms. The van der Waals surface area contributed by atoms with Gasteiger partial charge in [0.15, 0.2) is 0 Å². The summed E-state index contributed by atoms with van der Waals surface area (Å²) in [5.41, 5.74) is 8.48. The summed E-state index contributed by atoms with van der Waals surface area (Å²) in [6.07, 6.45) is 6.21. The lowest BCUT2D eigenvalue weighted by Gasteiger charge is -2.19. The Morgan fingerprint density at radius 1 is 1.20 bits per heavy atom. The van der Waals surface area contributed by atoms with Crippen molar-refractivity contribution >= 4 is 21.7 Å². The molecule has 7 nitrogen and oxygen atoms in total. The normalized spacial score (nSPS) is 12.7. The van der Waals surface area contributed by atoms with Crippen LogP contribution < -0.4 is 16.0 Å². The first-order valence-electron chi connectivity index (χ1n) is 10.2. The Bertz CT molecular complexity index is 1260. The highest BCUT2D eigenvalue weighted by molar-refractivity contribution is 6.07. The van der Waals surface area contributed by atoms with E-state index in [0.29, 0.717) is 23.7 Å². The minimum absolute atomic E-state index is 0.0692. The fraction of sp³-hybridized carbons (Fsp3) is 0.348. The second-order valence-electron chi connectivity index (χ2n) is 8.17. The number of fused-ring (bicyclic) bond motifs is 3. The lowest BCUT2D eigenvalue weighted by atomic mass is 10.0. The molecule has 3 heterocycles. The van der Waals surface area contributed by atoms with E-state index < -0.39 is 0 Å². The number of pyridine rings is 2. The number of ether oxygens (including phenoxy) is 1. The van der Waals surface area contributed by atoms with E-state index in [9.17, 15) is 4.79 Å². The van der Waals surface area contributed by atoms with Crippen molar-refractivity contribution < 1.29 is 4.74 Å². The number of nitrogens with zero attached hydrogens (tertiary/aromatic N) is 4. The molecule has 2 N–H and O–H groups in total. The van der Waals surface area contributed by atoms with Crippen molar-refractivity contribution in [2.45, 2.75) is 33.2 Å². The minimum atomic E-state index is -0.0719. The average Bonchev–Trinajstić information content (AvgIpc) is 3.24. The van der Waals surface area contributed by atoms with E-state index >= 15 is 0 Å². The standard InChI is InChI=1S/C23H27N5O2/c1-14(2)10-16(24)13-30-21-12-19-18(11-20(21)28-9-5-7-26-28)17-6-8-25-15(3)22(17)23(29)27(19)4/h5-9,11-12,14,16H,10,13,24H2,1-4H3. The van der Waals surface area contributed by atoms with Crippen LogP contribution in [0, 0.1) is 12.8 Å². The molecule has 30 heavy (non-hydrogen) atoms. The number of rotatable bonds is 6. The SMILES string of the molecule is Cc1nccc2c1c(=O)n(C)c1cc(OCC(N)CC(C)C)c(-n3cccn3)cc21. The molecule has 0 bridgehead atoms. The van der Waals surface area contributed by atoms with E-state index in [1.807, 2.05) is 37.4 Å². The molecular weight excluding hydrogens is 378 g/mol. The molecule has 0 aliphatic rings. The summed E-state index contributed by atoms with van der Waals surface area (Å²) in [4.78, 5) is 17.3. The van der Waals surface area contributed by atoms with Crippen molar-refractivity contribution in [3.05, 3.63) is 58.9 Å². The third kappa shape index (κ3) is 3.57. The fourth-order valence-corrected chi connectivity index (χ4v) is 3.97. The van der Waals surface area contributed by atoms with Gasteiger partial charge in [0.2, 0.25) is 0 Å². The molecule has 0 radical (unpaired) electrons. The Hall–Kier alpha value is -3.19. The van der Waals surface area contributed by atoms with Crippen molar-refractivity contribution in [1.29, 1.82) is 0 Å². The topological polar surface area (TPSA) is 88.0 Å². The third-order valence-corrected chi connectivity index (χ3v) is 5.37. The van der Waals surface area contributed by atoms with Gasteiger partial charge in [0.05, 0.1) is 16.6 Å². The Morgan fingerprint density at radius 2 is 2.00 bits per heavy atom. The van der Waals surface area contributed by atoms with Crippen LogP contribution in [0.3, 0.4) is 0 Å². The van der Waals surface area contributed by atoms with Gasteiger partial charge in [-0.3, -0.25) is 9.78 Å². The van der Waals surface area contributed by atoms with Gasteiger partial charge in [0, 0.05) is 43.1 Å². The van der Waals surface area contributed by atoms with Gasteiger partial charge >= 0.3 is 0 Å². The van der Waals surface area contributed by atoms with Crippen LogP contribution in [-0.4, -0.2) is 32.0 Å². The molecule has 0 aliphatic carbocycles. The van der Waals surface area contributed by atoms with E-state index in [1.54, 1.807) is 28.7 Å². The van der Waals surface area contributed by atoms with Crippen molar-refractivity contribution in [2.75, 3.05) is 6.61 Å². The minimum Gasteiger partial charge on any atom is -0.490 e. The molecule has 0 saturated heterocycles. The number of nitrogens with two attached hydrogens (primary N) is 1. The van der Waals surface area contributed by atoms with Crippen LogP contribution in [-0.2, 0) is 7.05 Å². The van der Waals surface area contributed by atoms with Crippen molar-refractivity contribution in [3.63, 3.8) is 0 Å². The summed E-state index contributed by atoms with van der Waals surface area (Å²) in [5, 5.41) is 6.84. The molecule has 1 aromatic carbocycles. The number of hydrogen-bond acceptors (Lipinski definition) is 5. The summed E-state index contributed by atoms with van der Waals surface area (Å²) in [6, 6.07) is 7.61. The summed E-state index contributed by atoms with van der Waals surface area (Å²) in [5.74, 6) is 1.14. The maximum absolute atomic E-state index is 13.0. The number of aryl methyl sites for hydroxylation is 2. The van der Waals surface area contributed by atoms with Gasteiger partial charge in [0.1, 0.15) is 18.0 Å². The molecular formula is C23H27N5O2. The molecule has 0 saturated carbocycles. The number of hydrogen-bond donors (Lipinski definition) is 1. The largest absolute Gasteiger partial charge is 0.490 e. The van der Waals surface area contributed by atoms with Crippen LogP contribution >= 0.6 is 0 Å². The van der Waals surface area contributed by atoms with Crippen LogP contribution in [0.25, 0.3) is 27.4 Å². The van der Waals surface area contributed by atoms with E-state index in [2.05, 4.69) is 23.9 Å². The van der Waals surface area contributed by atoms with Crippen molar-refractivity contribution in [2.24, 2.45) is 18.7 Å². The van der Waals surface area contributed by atoms with Gasteiger partial charge < -0.3 is 15.0 Å². The molecule has 4 rings (SSSR count). The van der Waals surface area contributed by atoms with Crippen LogP contribution in [0.5, 0.6) is 5.75 Å². The number of benzene rings is 1. The second kappa shape index (κ2) is 7.91. The summed E-state index contributed by atoms with van der Waals surface area (Å²) >= 11 is 0. The van der Waals surface area contributed by atoms with Gasteiger partial charge in [0.25, 0.3) is 5.56 Å². The molecule has 7 heteroatoms. The lowest BCUT2D eigenvalue weighted by molar-refractivity contribution is 0.270. The molecule has 156 valence electrons. The highest BCUT2D eigenvalue weighted by Gasteiger charge is 2.17. The highest BCUT2D eigenvalue weighted by Crippen LogP contribution is 2.32. The zero-order valence-corrected chi connectivity index (χ0v) is 17.8. The van der Waals surface area contributed by atoms with Crippen LogP contribution in [0.2, 0.25) is 0 Å². The van der Waals surface area contributed by atoms with Crippen LogP contribution in [0.15, 0.2) is 47.7 Å². The molecule has 0 amide bonds. The first-order valence-corrected chi connectivity index (χ1v) is 10.2. The van der Waals surface area contributed by atoms with Gasteiger partial charge in [-0.25, -0.2) is 4.68 Å². The van der Waals surface area contributed by atoms with Crippen LogP contribution in [0.1, 0.15) is 26.0 Å². The molecule has 0 fully saturated rings. The highest BCUT2D eigenvalue weighted by atomic mass is 16.5. The third-order valence-electron chi connectivity index (χ3n) is 5.37. The zero-order chi connectivity index (χ0) is 21.4. The zero-order valence-electron chi connectivity index (χ0n) is 17.8. The maximum atomic E-state index is 13.0. The molecule has 4 aromatic rings. The summed E-state index contributed by atoms with van der Waals surface area (Å²) < 4.78 is 9.57. The Balaban J connectivity index is 1.93. The van der Waals surface area contributed by atoms with Gasteiger partial charge in [-0.15, -0.1) is 0 Å². The molecule has 1 unspecified atom stereocenters. The van der Waals surface area contributed by atoms with E-state index in [0.717, 1.165) is 34.1 Å². The smallest absolute Gasteiger partial charge is 0.260 e. The first kappa shape index (κ1) is 20.1. The van der Waals surface area contributed by atoms with Crippen molar-refractivity contribution in [1.82, 2.24) is 19.3 Å². The fourth-order valence-electron chi connectivity index (χ4n) is 3.97. The molecule has 3 aromatic heterocycles. The van der Waals surface area contributed by atoms with E-state index in [-0.39, 0.29) is 11.6 Å². The van der Waals surface area contributed by atoms with Gasteiger partial charge in [-0.05, 0) is 42.8 Å². The summed E-state index contributed by atoms with van der Waals surface area (Å²) in [6.45, 7) is 6.53. The van der Waals surface area contributed by atoms with Gasteiger partial charge in [-0.2, -0.15) is 5.10 Å². The van der Waals surface area contributed by atoms with E-state index in [1.165, 1.54) is 0 Å². The first-order chi connectivity index (χ1) is 14.4. The van der Waals surface area contributed by atoms with Crippen LogP contribution in [0.4, 0.5) is 0 Å². The van der Waals surface area contributed by atoms with Gasteiger partial charge in [-0.1, -0.05) is 13.8 Å². The summed E-state index contributed by atoms with van der Waals surface area (Å²) in [7, 11) is 1.78. The monoisotopic (exact) mass is 405 g/mol. The second-order valence-corrected chi connectivity index (χ2v) is 8.17. The van der Waals surface area contributed by atoms with Crippen molar-refractivity contribution in [3.8, 4) is 11.4 Å². The Morgan fingerprint density at radius 3 is 2.70 bits per heavy atom. The maximum Gasteiger partial charge on any atom is 0.260 e. The predicted octanol–water partition coefficient (Wildman–Crippen LogP) is 3.33. The lowest BCUT2D eigenvalue weighted by Crippen LogP contribution is -2.29. The molecule has 1 atom stereocenters. The Kier molecular flexibility index (Phi) is 5.30. The Labute approximate surface area is 175 Å². The predicted molar refractivity (Wildman–Crippen MR) is 119 cm³/mol. The molecule has 0 aliphatic heterocycles. The van der Waals surface area contributed by atoms with E-state index in [4.69, 9.17) is 10.5 Å². The quantitative estimate of drug-likeness (QED) is 0.497. The number of aromatic nitrogens is 4.